The van der Waals surface area contributed by atoms with Crippen LogP contribution >= 0.6 is 27.7 Å². The average molecular weight is 709 g/mol. The van der Waals surface area contributed by atoms with E-state index in [9.17, 15) is 18.4 Å². The number of halogens is 3. The van der Waals surface area contributed by atoms with E-state index in [4.69, 9.17) is 10.2 Å². The van der Waals surface area contributed by atoms with Crippen molar-refractivity contribution in [3.8, 4) is 11.3 Å². The Morgan fingerprint density at radius 2 is 1.83 bits per heavy atom. The highest BCUT2D eigenvalue weighted by molar-refractivity contribution is 9.10. The van der Waals surface area contributed by atoms with Gasteiger partial charge in [-0.3, -0.25) is 9.59 Å². The van der Waals surface area contributed by atoms with E-state index in [1.807, 2.05) is 58.3 Å². The number of nitrogens with two attached hydrogens (primary N) is 1. The van der Waals surface area contributed by atoms with Gasteiger partial charge in [-0.2, -0.15) is 0 Å². The summed E-state index contributed by atoms with van der Waals surface area (Å²) in [7, 11) is 0. The highest BCUT2D eigenvalue weighted by atomic mass is 79.9. The van der Waals surface area contributed by atoms with Crippen LogP contribution in [0.4, 0.5) is 14.5 Å². The second kappa shape index (κ2) is 12.5. The van der Waals surface area contributed by atoms with Crippen LogP contribution in [0.3, 0.4) is 0 Å². The SMILES string of the molecule is Nc1c(-c2cn(C3CCN(C4CCN(C(=O)c5ccccc5CSc5nc6ccccc6o5)CC4)C3=O)nn2)cc(F)c(Br)c1F. The number of carbonyl (C=O) groups excluding carboxylic acids is 2. The van der Waals surface area contributed by atoms with E-state index in [1.165, 1.54) is 22.6 Å². The van der Waals surface area contributed by atoms with Crippen LogP contribution < -0.4 is 5.73 Å². The third kappa shape index (κ3) is 5.64. The van der Waals surface area contributed by atoms with Gasteiger partial charge in [-0.1, -0.05) is 47.3 Å². The van der Waals surface area contributed by atoms with E-state index in [0.717, 1.165) is 22.7 Å². The van der Waals surface area contributed by atoms with Crippen molar-refractivity contribution in [2.24, 2.45) is 0 Å². The Balaban J connectivity index is 0.974. The molecule has 10 nitrogen and oxygen atoms in total. The number of amides is 2. The van der Waals surface area contributed by atoms with Crippen LogP contribution in [-0.4, -0.2) is 67.3 Å². The molecule has 0 radical (unpaired) electrons. The number of nitrogens with zero attached hydrogens (tertiary/aromatic N) is 6. The van der Waals surface area contributed by atoms with E-state index in [-0.39, 0.29) is 39.3 Å². The summed E-state index contributed by atoms with van der Waals surface area (Å²) in [6, 6.07) is 15.7. The van der Waals surface area contributed by atoms with Crippen LogP contribution in [0.1, 0.15) is 41.2 Å². The van der Waals surface area contributed by atoms with Gasteiger partial charge in [0.05, 0.1) is 16.4 Å². The maximum Gasteiger partial charge on any atom is 0.257 e. The number of carbonyl (C=O) groups is 2. The Bertz CT molecular complexity index is 1930. The van der Waals surface area contributed by atoms with Gasteiger partial charge in [0.1, 0.15) is 23.1 Å². The van der Waals surface area contributed by atoms with Crippen LogP contribution in [0.2, 0.25) is 0 Å². The molecule has 1 unspecified atom stereocenters. The number of benzene rings is 3. The van der Waals surface area contributed by atoms with Crippen LogP contribution in [-0.2, 0) is 10.5 Å². The molecule has 2 aromatic heterocycles. The van der Waals surface area contributed by atoms with Crippen molar-refractivity contribution in [3.05, 3.63) is 88.0 Å². The van der Waals surface area contributed by atoms with E-state index in [1.54, 1.807) is 0 Å². The van der Waals surface area contributed by atoms with Crippen molar-refractivity contribution in [3.63, 3.8) is 0 Å². The third-order valence-electron chi connectivity index (χ3n) is 8.58. The highest BCUT2D eigenvalue weighted by Crippen LogP contribution is 2.35. The molecule has 0 saturated carbocycles. The number of piperidine rings is 1. The van der Waals surface area contributed by atoms with Crippen LogP contribution in [0.25, 0.3) is 22.4 Å². The molecular weight excluding hydrogens is 680 g/mol. The summed E-state index contributed by atoms with van der Waals surface area (Å²) < 4.78 is 35.4. The third-order valence-corrected chi connectivity index (χ3v) is 10.2. The fraction of sp³-hybridized carbons (Fsp3) is 0.281. The predicted octanol–water partition coefficient (Wildman–Crippen LogP) is 6.08. The lowest BCUT2D eigenvalue weighted by Crippen LogP contribution is -2.47. The minimum Gasteiger partial charge on any atom is -0.431 e. The number of likely N-dealkylation sites (tertiary alicyclic amines) is 2. The molecule has 7 rings (SSSR count). The fourth-order valence-corrected chi connectivity index (χ4v) is 7.30. The average Bonchev–Trinajstić information content (AvgIpc) is 3.82. The Morgan fingerprint density at radius 3 is 2.63 bits per heavy atom. The number of nitrogen functional groups attached to an aromatic ring is 1. The van der Waals surface area contributed by atoms with E-state index >= 15 is 0 Å². The molecule has 236 valence electrons. The number of anilines is 1. The minimum atomic E-state index is -0.917. The molecule has 2 saturated heterocycles. The first-order chi connectivity index (χ1) is 22.3. The van der Waals surface area contributed by atoms with Crippen molar-refractivity contribution in [1.29, 1.82) is 0 Å². The number of para-hydroxylation sites is 2. The quantitative estimate of drug-likeness (QED) is 0.123. The lowest BCUT2D eigenvalue weighted by molar-refractivity contribution is -0.133. The first-order valence-electron chi connectivity index (χ1n) is 14.8. The zero-order valence-corrected chi connectivity index (χ0v) is 26.8. The molecular formula is C32H28BrF2N7O3S. The van der Waals surface area contributed by atoms with Crippen molar-refractivity contribution in [2.45, 2.75) is 42.3 Å². The Hall–Kier alpha value is -4.30. The fourth-order valence-electron chi connectivity index (χ4n) is 6.13. The molecule has 0 aliphatic carbocycles. The van der Waals surface area contributed by atoms with Gasteiger partial charge in [-0.25, -0.2) is 18.4 Å². The molecule has 0 bridgehead atoms. The molecule has 46 heavy (non-hydrogen) atoms. The van der Waals surface area contributed by atoms with Gasteiger partial charge in [0.25, 0.3) is 11.1 Å². The van der Waals surface area contributed by atoms with Gasteiger partial charge in [0, 0.05) is 42.6 Å². The molecule has 2 amide bonds. The van der Waals surface area contributed by atoms with E-state index < -0.39 is 17.7 Å². The number of aromatic nitrogens is 4. The predicted molar refractivity (Wildman–Crippen MR) is 172 cm³/mol. The molecule has 5 aromatic rings. The van der Waals surface area contributed by atoms with Crippen molar-refractivity contribution >= 4 is 56.3 Å². The minimum absolute atomic E-state index is 0.0141. The number of oxazole rings is 1. The summed E-state index contributed by atoms with van der Waals surface area (Å²) in [5.41, 5.74) is 8.92. The second-order valence-electron chi connectivity index (χ2n) is 11.3. The number of hydrogen-bond donors (Lipinski definition) is 1. The Kier molecular flexibility index (Phi) is 8.24. The maximum absolute atomic E-state index is 14.3. The van der Waals surface area contributed by atoms with Gasteiger partial charge in [0.15, 0.2) is 11.4 Å². The number of rotatable bonds is 7. The highest BCUT2D eigenvalue weighted by Gasteiger charge is 2.39. The Morgan fingerprint density at radius 1 is 1.07 bits per heavy atom. The van der Waals surface area contributed by atoms with Crippen molar-refractivity contribution in [2.75, 3.05) is 25.4 Å². The zero-order valence-electron chi connectivity index (χ0n) is 24.4. The topological polar surface area (TPSA) is 123 Å². The zero-order chi connectivity index (χ0) is 31.9. The first-order valence-corrected chi connectivity index (χ1v) is 16.6. The number of thioether (sulfide) groups is 1. The molecule has 2 aliphatic heterocycles. The van der Waals surface area contributed by atoms with Gasteiger partial charge in [0.2, 0.25) is 5.91 Å². The molecule has 14 heteroatoms. The van der Waals surface area contributed by atoms with Gasteiger partial charge >= 0.3 is 0 Å². The molecule has 1 atom stereocenters. The van der Waals surface area contributed by atoms with E-state index in [0.29, 0.717) is 55.4 Å². The summed E-state index contributed by atoms with van der Waals surface area (Å²) in [4.78, 5) is 35.3. The number of hydrogen-bond acceptors (Lipinski definition) is 8. The molecule has 0 spiro atoms. The lowest BCUT2D eigenvalue weighted by atomic mass is 10.0. The van der Waals surface area contributed by atoms with Gasteiger partial charge in [-0.05, 0) is 65.0 Å². The summed E-state index contributed by atoms with van der Waals surface area (Å²) in [6.45, 7) is 1.59. The van der Waals surface area contributed by atoms with E-state index in [2.05, 4.69) is 31.2 Å². The largest absolute Gasteiger partial charge is 0.431 e. The van der Waals surface area contributed by atoms with Crippen LogP contribution in [0, 0.1) is 11.6 Å². The van der Waals surface area contributed by atoms with Crippen LogP contribution in [0.15, 0.2) is 74.9 Å². The number of fused-ring (bicyclic) bond motifs is 1. The summed E-state index contributed by atoms with van der Waals surface area (Å²) in [5.74, 6) is -1.32. The second-order valence-corrected chi connectivity index (χ2v) is 13.0. The van der Waals surface area contributed by atoms with Crippen LogP contribution in [0.5, 0.6) is 0 Å². The van der Waals surface area contributed by atoms with Crippen molar-refractivity contribution in [1.82, 2.24) is 29.8 Å². The summed E-state index contributed by atoms with van der Waals surface area (Å²) >= 11 is 4.29. The van der Waals surface area contributed by atoms with Crippen molar-refractivity contribution < 1.29 is 22.8 Å². The summed E-state index contributed by atoms with van der Waals surface area (Å²) in [6.07, 6.45) is 3.32. The normalized spacial score (nSPS) is 17.4. The monoisotopic (exact) mass is 707 g/mol. The lowest BCUT2D eigenvalue weighted by Gasteiger charge is -2.37. The molecule has 3 aromatic carbocycles. The van der Waals surface area contributed by atoms with Gasteiger partial charge in [-0.15, -0.1) is 5.10 Å². The molecule has 2 aliphatic rings. The first kappa shape index (κ1) is 30.4. The van der Waals surface area contributed by atoms with Gasteiger partial charge < -0.3 is 20.0 Å². The Labute approximate surface area is 275 Å². The molecule has 2 N–H and O–H groups in total. The molecule has 4 heterocycles. The molecule has 2 fully saturated rings. The summed E-state index contributed by atoms with van der Waals surface area (Å²) in [5, 5.41) is 8.69. The maximum atomic E-state index is 14.3. The standard InChI is InChI=1S/C32H28BrF2N7O3S/c33-27-22(34)15-21(29(36)28(27)35)24-16-42(39-38-24)25-11-14-41(31(25)44)19-9-12-40(13-10-19)30(43)20-6-2-1-5-18(20)17-46-32-37-23-7-3-4-8-26(23)45-32/h1-8,15-16,19,25H,9-14,17,36H2. The smallest absolute Gasteiger partial charge is 0.257 e.